The number of carbonyl (C=O) groups excluding carboxylic acids is 2. The Morgan fingerprint density at radius 3 is 2.39 bits per heavy atom. The number of benzene rings is 3. The predicted octanol–water partition coefficient (Wildman–Crippen LogP) is 4.34. The first-order valence-corrected chi connectivity index (χ1v) is 12.0. The molecule has 0 bridgehead atoms. The molecule has 0 spiro atoms. The van der Waals surface area contributed by atoms with Gasteiger partial charge >= 0.3 is 0 Å². The normalized spacial score (nSPS) is 13.2. The quantitative estimate of drug-likeness (QED) is 0.482. The molecule has 1 heterocycles. The van der Waals surface area contributed by atoms with Crippen molar-refractivity contribution in [1.82, 2.24) is 4.90 Å². The number of ether oxygens (including phenoxy) is 2. The molecule has 0 aliphatic carbocycles. The Morgan fingerprint density at radius 2 is 1.69 bits per heavy atom. The van der Waals surface area contributed by atoms with Gasteiger partial charge in [0, 0.05) is 31.0 Å². The maximum Gasteiger partial charge on any atom is 0.258 e. The summed E-state index contributed by atoms with van der Waals surface area (Å²) in [5.74, 6) is -0.498. The average molecular weight is 492 g/mol. The number of amides is 2. The predicted molar refractivity (Wildman–Crippen MR) is 137 cm³/mol. The number of nitrogens with one attached hydrogen (secondary N) is 1. The van der Waals surface area contributed by atoms with Crippen LogP contribution in [0.5, 0.6) is 5.75 Å². The van der Waals surface area contributed by atoms with Crippen molar-refractivity contribution in [1.29, 1.82) is 0 Å². The number of carbonyl (C=O) groups is 2. The van der Waals surface area contributed by atoms with Crippen LogP contribution in [0.2, 0.25) is 0 Å². The van der Waals surface area contributed by atoms with E-state index in [-0.39, 0.29) is 30.8 Å². The van der Waals surface area contributed by atoms with E-state index in [1.54, 1.807) is 36.4 Å². The molecule has 2 amide bonds. The number of likely N-dealkylation sites (N-methyl/N-ethyl adjacent to an activating group) is 1. The number of hydrogen-bond acceptors (Lipinski definition) is 5. The van der Waals surface area contributed by atoms with Crippen molar-refractivity contribution < 1.29 is 23.5 Å². The van der Waals surface area contributed by atoms with E-state index in [2.05, 4.69) is 10.2 Å². The van der Waals surface area contributed by atoms with Crippen molar-refractivity contribution in [2.45, 2.75) is 13.5 Å². The first-order chi connectivity index (χ1) is 17.5. The Balaban J connectivity index is 1.36. The maximum atomic E-state index is 13.3. The van der Waals surface area contributed by atoms with E-state index in [4.69, 9.17) is 9.47 Å². The number of morpholine rings is 1. The van der Waals surface area contributed by atoms with Crippen molar-refractivity contribution in [2.24, 2.45) is 0 Å². The number of nitrogens with zero attached hydrogens (tertiary/aromatic N) is 2. The fourth-order valence-electron chi connectivity index (χ4n) is 3.96. The molecule has 7 nitrogen and oxygen atoms in total. The van der Waals surface area contributed by atoms with Crippen molar-refractivity contribution in [2.75, 3.05) is 49.6 Å². The van der Waals surface area contributed by atoms with Crippen LogP contribution < -0.4 is 15.0 Å². The van der Waals surface area contributed by atoms with Gasteiger partial charge in [-0.3, -0.25) is 9.59 Å². The molecule has 4 rings (SSSR count). The molecule has 36 heavy (non-hydrogen) atoms. The number of rotatable bonds is 9. The van der Waals surface area contributed by atoms with Crippen LogP contribution in [0.15, 0.2) is 72.8 Å². The Labute approximate surface area is 210 Å². The largest absolute Gasteiger partial charge is 0.488 e. The minimum atomic E-state index is -0.320. The molecular formula is C28H30FN3O4. The minimum absolute atomic E-state index is 0.0904. The molecule has 1 saturated heterocycles. The Morgan fingerprint density at radius 1 is 1.00 bits per heavy atom. The number of halogens is 1. The van der Waals surface area contributed by atoms with Crippen LogP contribution in [0.3, 0.4) is 0 Å². The van der Waals surface area contributed by atoms with Crippen LogP contribution in [-0.2, 0) is 16.1 Å². The molecule has 1 fully saturated rings. The SMILES string of the molecule is CCN(CC(=O)Nc1ccc(N2CCOCC2)cc1)C(=O)c1ccccc1OCc1ccc(F)cc1. The van der Waals surface area contributed by atoms with Crippen LogP contribution in [0.25, 0.3) is 0 Å². The van der Waals surface area contributed by atoms with E-state index in [0.29, 0.717) is 36.8 Å². The summed E-state index contributed by atoms with van der Waals surface area (Å²) >= 11 is 0. The van der Waals surface area contributed by atoms with Gasteiger partial charge in [0.15, 0.2) is 0 Å². The van der Waals surface area contributed by atoms with Gasteiger partial charge in [0.2, 0.25) is 5.91 Å². The molecule has 0 saturated carbocycles. The lowest BCUT2D eigenvalue weighted by molar-refractivity contribution is -0.116. The zero-order chi connectivity index (χ0) is 25.3. The Kier molecular flexibility index (Phi) is 8.52. The average Bonchev–Trinajstić information content (AvgIpc) is 2.92. The molecule has 1 aliphatic rings. The van der Waals surface area contributed by atoms with Crippen molar-refractivity contribution in [3.8, 4) is 5.75 Å². The number of hydrogen-bond donors (Lipinski definition) is 1. The van der Waals surface area contributed by atoms with Crippen LogP contribution in [0, 0.1) is 5.82 Å². The summed E-state index contributed by atoms with van der Waals surface area (Å²) in [6.45, 7) is 5.38. The zero-order valence-corrected chi connectivity index (χ0v) is 20.3. The highest BCUT2D eigenvalue weighted by Crippen LogP contribution is 2.22. The van der Waals surface area contributed by atoms with Gasteiger partial charge in [-0.15, -0.1) is 0 Å². The maximum absolute atomic E-state index is 13.3. The summed E-state index contributed by atoms with van der Waals surface area (Å²) in [6.07, 6.45) is 0. The highest BCUT2D eigenvalue weighted by molar-refractivity contribution is 6.01. The first-order valence-electron chi connectivity index (χ1n) is 12.0. The van der Waals surface area contributed by atoms with Gasteiger partial charge in [-0.25, -0.2) is 4.39 Å². The van der Waals surface area contributed by atoms with Crippen LogP contribution in [-0.4, -0.2) is 56.1 Å². The third kappa shape index (κ3) is 6.60. The van der Waals surface area contributed by atoms with Gasteiger partial charge in [-0.05, 0) is 61.0 Å². The monoisotopic (exact) mass is 491 g/mol. The van der Waals surface area contributed by atoms with Gasteiger partial charge in [-0.2, -0.15) is 0 Å². The molecule has 0 atom stereocenters. The third-order valence-electron chi connectivity index (χ3n) is 5.96. The highest BCUT2D eigenvalue weighted by Gasteiger charge is 2.21. The van der Waals surface area contributed by atoms with Crippen LogP contribution >= 0.6 is 0 Å². The van der Waals surface area contributed by atoms with E-state index in [1.165, 1.54) is 17.0 Å². The third-order valence-corrected chi connectivity index (χ3v) is 5.96. The second-order valence-electron chi connectivity index (χ2n) is 8.43. The summed E-state index contributed by atoms with van der Waals surface area (Å²) in [7, 11) is 0. The molecule has 188 valence electrons. The number of anilines is 2. The fraction of sp³-hybridized carbons (Fsp3) is 0.286. The minimum Gasteiger partial charge on any atom is -0.488 e. The van der Waals surface area contributed by atoms with E-state index in [1.807, 2.05) is 31.2 Å². The second-order valence-corrected chi connectivity index (χ2v) is 8.43. The molecule has 1 N–H and O–H groups in total. The first kappa shape index (κ1) is 25.2. The van der Waals surface area contributed by atoms with E-state index < -0.39 is 0 Å². The molecule has 1 aliphatic heterocycles. The smallest absolute Gasteiger partial charge is 0.258 e. The van der Waals surface area contributed by atoms with Gasteiger partial charge < -0.3 is 24.6 Å². The molecule has 8 heteroatoms. The van der Waals surface area contributed by atoms with Gasteiger partial charge in [0.05, 0.1) is 18.8 Å². The second kappa shape index (κ2) is 12.2. The van der Waals surface area contributed by atoms with E-state index >= 15 is 0 Å². The van der Waals surface area contributed by atoms with Crippen molar-refractivity contribution in [3.05, 3.63) is 89.7 Å². The highest BCUT2D eigenvalue weighted by atomic mass is 19.1. The van der Waals surface area contributed by atoms with Crippen LogP contribution in [0.1, 0.15) is 22.8 Å². The standard InChI is InChI=1S/C28H30FN3O4/c1-2-31(19-27(33)30-23-11-13-24(14-12-23)32-15-17-35-18-16-32)28(34)25-5-3-4-6-26(25)36-20-21-7-9-22(29)10-8-21/h3-14H,2,15-20H2,1H3,(H,30,33). The number of para-hydroxylation sites is 1. The lowest BCUT2D eigenvalue weighted by atomic mass is 10.1. The fourth-order valence-corrected chi connectivity index (χ4v) is 3.96. The van der Waals surface area contributed by atoms with Gasteiger partial charge in [-0.1, -0.05) is 24.3 Å². The van der Waals surface area contributed by atoms with Crippen molar-refractivity contribution in [3.63, 3.8) is 0 Å². The lowest BCUT2D eigenvalue weighted by Crippen LogP contribution is -2.38. The van der Waals surface area contributed by atoms with E-state index in [9.17, 15) is 14.0 Å². The van der Waals surface area contributed by atoms with Gasteiger partial charge in [0.1, 0.15) is 24.7 Å². The van der Waals surface area contributed by atoms with Crippen LogP contribution in [0.4, 0.5) is 15.8 Å². The summed E-state index contributed by atoms with van der Waals surface area (Å²) < 4.78 is 24.4. The molecule has 3 aromatic rings. The Hall–Kier alpha value is -3.91. The summed E-state index contributed by atoms with van der Waals surface area (Å²) in [5.41, 5.74) is 2.90. The van der Waals surface area contributed by atoms with E-state index in [0.717, 1.165) is 24.3 Å². The lowest BCUT2D eigenvalue weighted by Gasteiger charge is -2.29. The topological polar surface area (TPSA) is 71.1 Å². The summed E-state index contributed by atoms with van der Waals surface area (Å²) in [4.78, 5) is 29.7. The van der Waals surface area contributed by atoms with Crippen molar-refractivity contribution >= 4 is 23.2 Å². The molecule has 0 unspecified atom stereocenters. The summed E-state index contributed by atoms with van der Waals surface area (Å²) in [6, 6.07) is 20.6. The summed E-state index contributed by atoms with van der Waals surface area (Å²) in [5, 5.41) is 2.87. The molecule has 0 radical (unpaired) electrons. The Bertz CT molecular complexity index is 1160. The van der Waals surface area contributed by atoms with Gasteiger partial charge in [0.25, 0.3) is 5.91 Å². The molecule has 3 aromatic carbocycles. The zero-order valence-electron chi connectivity index (χ0n) is 20.3. The molecule has 0 aromatic heterocycles. The molecular weight excluding hydrogens is 461 g/mol.